The third kappa shape index (κ3) is 4.59. The highest BCUT2D eigenvalue weighted by atomic mass is 16.6. The van der Waals surface area contributed by atoms with Crippen LogP contribution in [-0.4, -0.2) is 10.7 Å². The Hall–Kier alpha value is -1.97. The molecular formula is C13H15NO3. The first-order valence-electron chi connectivity index (χ1n) is 5.44. The van der Waals surface area contributed by atoms with Crippen LogP contribution in [0.4, 0.5) is 5.69 Å². The van der Waals surface area contributed by atoms with E-state index in [1.54, 1.807) is 18.2 Å². The molecule has 90 valence electrons. The van der Waals surface area contributed by atoms with Gasteiger partial charge in [0, 0.05) is 18.6 Å². The van der Waals surface area contributed by atoms with Crippen molar-refractivity contribution in [1.82, 2.24) is 0 Å². The molecule has 0 aromatic heterocycles. The van der Waals surface area contributed by atoms with E-state index in [1.807, 2.05) is 13.8 Å². The summed E-state index contributed by atoms with van der Waals surface area (Å²) in [6, 6.07) is 6.20. The number of nitrogens with zero attached hydrogens (tertiary/aromatic N) is 1. The monoisotopic (exact) mass is 233 g/mol. The maximum absolute atomic E-state index is 11.4. The molecule has 0 radical (unpaired) electrons. The molecule has 1 aromatic rings. The van der Waals surface area contributed by atoms with E-state index >= 15 is 0 Å². The van der Waals surface area contributed by atoms with Crippen LogP contribution < -0.4 is 0 Å². The molecule has 17 heavy (non-hydrogen) atoms. The van der Waals surface area contributed by atoms with E-state index in [4.69, 9.17) is 0 Å². The van der Waals surface area contributed by atoms with Crippen LogP contribution >= 0.6 is 0 Å². The zero-order valence-electron chi connectivity index (χ0n) is 9.92. The number of hydrogen-bond acceptors (Lipinski definition) is 3. The van der Waals surface area contributed by atoms with Crippen molar-refractivity contribution in [2.24, 2.45) is 5.92 Å². The summed E-state index contributed by atoms with van der Waals surface area (Å²) in [7, 11) is 0. The summed E-state index contributed by atoms with van der Waals surface area (Å²) >= 11 is 0. The first-order valence-corrected chi connectivity index (χ1v) is 5.44. The molecule has 0 aliphatic heterocycles. The fraction of sp³-hybridized carbons (Fsp3) is 0.308. The molecule has 0 amide bonds. The van der Waals surface area contributed by atoms with Crippen molar-refractivity contribution < 1.29 is 9.72 Å². The lowest BCUT2D eigenvalue weighted by Crippen LogP contribution is -1.98. The molecule has 0 N–H and O–H groups in total. The summed E-state index contributed by atoms with van der Waals surface area (Å²) in [4.78, 5) is 21.5. The van der Waals surface area contributed by atoms with Gasteiger partial charge < -0.3 is 0 Å². The summed E-state index contributed by atoms with van der Waals surface area (Å²) in [5.74, 6) is 0.351. The molecule has 4 heteroatoms. The minimum atomic E-state index is -0.451. The van der Waals surface area contributed by atoms with Gasteiger partial charge in [0.1, 0.15) is 0 Å². The van der Waals surface area contributed by atoms with E-state index in [0.29, 0.717) is 17.9 Å². The van der Waals surface area contributed by atoms with Gasteiger partial charge in [-0.25, -0.2) is 0 Å². The van der Waals surface area contributed by atoms with Crippen LogP contribution in [0.3, 0.4) is 0 Å². The Balaban J connectivity index is 2.74. The van der Waals surface area contributed by atoms with Gasteiger partial charge in [-0.1, -0.05) is 32.1 Å². The third-order valence-electron chi connectivity index (χ3n) is 2.15. The number of non-ortho nitro benzene ring substituents is 1. The predicted octanol–water partition coefficient (Wildman–Crippen LogP) is 3.22. The highest BCUT2D eigenvalue weighted by Gasteiger charge is 2.04. The topological polar surface area (TPSA) is 60.2 Å². The molecule has 0 unspecified atom stereocenters. The van der Waals surface area contributed by atoms with Gasteiger partial charge in [0.15, 0.2) is 5.78 Å². The van der Waals surface area contributed by atoms with Crippen LogP contribution in [0.1, 0.15) is 25.8 Å². The highest BCUT2D eigenvalue weighted by Crippen LogP contribution is 2.14. The smallest absolute Gasteiger partial charge is 0.270 e. The van der Waals surface area contributed by atoms with Crippen LogP contribution in [-0.2, 0) is 4.79 Å². The molecule has 0 fully saturated rings. The average molecular weight is 233 g/mol. The van der Waals surface area contributed by atoms with E-state index < -0.39 is 4.92 Å². The van der Waals surface area contributed by atoms with Gasteiger partial charge in [-0.2, -0.15) is 0 Å². The van der Waals surface area contributed by atoms with E-state index in [9.17, 15) is 14.9 Å². The number of nitro groups is 1. The molecule has 0 atom stereocenters. The van der Waals surface area contributed by atoms with E-state index in [2.05, 4.69) is 0 Å². The third-order valence-corrected chi connectivity index (χ3v) is 2.15. The number of rotatable bonds is 5. The van der Waals surface area contributed by atoms with Gasteiger partial charge in [0.2, 0.25) is 0 Å². The molecule has 4 nitrogen and oxygen atoms in total. The molecule has 0 aliphatic carbocycles. The van der Waals surface area contributed by atoms with Gasteiger partial charge in [-0.05, 0) is 17.6 Å². The van der Waals surface area contributed by atoms with E-state index in [1.165, 1.54) is 18.2 Å². The van der Waals surface area contributed by atoms with Crippen molar-refractivity contribution in [2.75, 3.05) is 0 Å². The molecular weight excluding hydrogens is 218 g/mol. The fourth-order valence-electron chi connectivity index (χ4n) is 1.40. The quantitative estimate of drug-likeness (QED) is 0.445. The predicted molar refractivity (Wildman–Crippen MR) is 66.6 cm³/mol. The Morgan fingerprint density at radius 3 is 2.76 bits per heavy atom. The normalized spacial score (nSPS) is 11.0. The molecule has 0 saturated heterocycles. The number of ketones is 1. The molecule has 0 spiro atoms. The Morgan fingerprint density at radius 1 is 1.47 bits per heavy atom. The van der Waals surface area contributed by atoms with E-state index in [0.717, 1.165) is 0 Å². The zero-order valence-corrected chi connectivity index (χ0v) is 9.92. The molecule has 0 bridgehead atoms. The summed E-state index contributed by atoms with van der Waals surface area (Å²) in [6.07, 6.45) is 3.57. The van der Waals surface area contributed by atoms with Crippen LogP contribution in [0.5, 0.6) is 0 Å². The second-order valence-corrected chi connectivity index (χ2v) is 4.25. The van der Waals surface area contributed by atoms with Crippen molar-refractivity contribution in [3.8, 4) is 0 Å². The Labute approximate surface area is 100 Å². The molecule has 0 saturated carbocycles. The number of carbonyl (C=O) groups is 1. The largest absolute Gasteiger partial charge is 0.295 e. The summed E-state index contributed by atoms with van der Waals surface area (Å²) in [5, 5.41) is 10.6. The van der Waals surface area contributed by atoms with Crippen LogP contribution in [0.15, 0.2) is 30.3 Å². The number of allylic oxidation sites excluding steroid dienone is 1. The number of nitro benzene ring substituents is 1. The molecule has 1 aromatic carbocycles. The van der Waals surface area contributed by atoms with Crippen molar-refractivity contribution in [1.29, 1.82) is 0 Å². The molecule has 0 heterocycles. The zero-order chi connectivity index (χ0) is 12.8. The Kier molecular flexibility index (Phi) is 4.57. The van der Waals surface area contributed by atoms with Gasteiger partial charge in [0.05, 0.1) is 4.92 Å². The first-order chi connectivity index (χ1) is 7.99. The average Bonchev–Trinajstić information content (AvgIpc) is 2.26. The minimum Gasteiger partial charge on any atom is -0.295 e. The standard InChI is InChI=1S/C13H15NO3/c1-10(2)8-13(15)7-6-11-4-3-5-12(9-11)14(16)17/h3-7,9-10H,8H2,1-2H3/b7-6+. The second kappa shape index (κ2) is 5.94. The van der Waals surface area contributed by atoms with Crippen molar-refractivity contribution in [2.45, 2.75) is 20.3 Å². The van der Waals surface area contributed by atoms with Crippen molar-refractivity contribution in [3.63, 3.8) is 0 Å². The van der Waals surface area contributed by atoms with Crippen molar-refractivity contribution in [3.05, 3.63) is 46.0 Å². The summed E-state index contributed by atoms with van der Waals surface area (Å²) in [6.45, 7) is 3.94. The first kappa shape index (κ1) is 13.1. The van der Waals surface area contributed by atoms with Gasteiger partial charge >= 0.3 is 0 Å². The lowest BCUT2D eigenvalue weighted by molar-refractivity contribution is -0.384. The summed E-state index contributed by atoms with van der Waals surface area (Å²) < 4.78 is 0. The minimum absolute atomic E-state index is 0.0310. The van der Waals surface area contributed by atoms with Gasteiger partial charge in [-0.15, -0.1) is 0 Å². The van der Waals surface area contributed by atoms with Crippen molar-refractivity contribution >= 4 is 17.5 Å². The van der Waals surface area contributed by atoms with Gasteiger partial charge in [-0.3, -0.25) is 14.9 Å². The number of hydrogen-bond donors (Lipinski definition) is 0. The summed E-state index contributed by atoms with van der Waals surface area (Å²) in [5.41, 5.74) is 0.694. The highest BCUT2D eigenvalue weighted by molar-refractivity contribution is 5.93. The van der Waals surface area contributed by atoms with Crippen LogP contribution in [0.2, 0.25) is 0 Å². The lowest BCUT2D eigenvalue weighted by Gasteiger charge is -1.98. The second-order valence-electron chi connectivity index (χ2n) is 4.25. The fourth-order valence-corrected chi connectivity index (χ4v) is 1.40. The lowest BCUT2D eigenvalue weighted by atomic mass is 10.1. The number of benzene rings is 1. The maximum Gasteiger partial charge on any atom is 0.270 e. The molecule has 1 rings (SSSR count). The van der Waals surface area contributed by atoms with Crippen LogP contribution in [0, 0.1) is 16.0 Å². The Morgan fingerprint density at radius 2 is 2.18 bits per heavy atom. The SMILES string of the molecule is CC(C)CC(=O)/C=C/c1cccc([N+](=O)[O-])c1. The molecule has 0 aliphatic rings. The maximum atomic E-state index is 11.4. The number of carbonyl (C=O) groups excluding carboxylic acids is 1. The van der Waals surface area contributed by atoms with Gasteiger partial charge in [0.25, 0.3) is 5.69 Å². The van der Waals surface area contributed by atoms with Crippen LogP contribution in [0.25, 0.3) is 6.08 Å². The van der Waals surface area contributed by atoms with E-state index in [-0.39, 0.29) is 11.5 Å². The Bertz CT molecular complexity index is 450.